The van der Waals surface area contributed by atoms with Crippen LogP contribution in [0, 0.1) is 0 Å². The number of carbonyl (C=O) groups excluding carboxylic acids is 1. The summed E-state index contributed by atoms with van der Waals surface area (Å²) in [5.74, 6) is 1.19. The van der Waals surface area contributed by atoms with E-state index < -0.39 is 0 Å². The molecule has 1 amide bonds. The molecule has 1 aromatic rings. The molecule has 1 fully saturated rings. The van der Waals surface area contributed by atoms with E-state index in [0.717, 1.165) is 51.6 Å². The molecular weight excluding hydrogens is 278 g/mol. The van der Waals surface area contributed by atoms with Crippen LogP contribution in [0.4, 0.5) is 5.82 Å². The van der Waals surface area contributed by atoms with Gasteiger partial charge in [-0.15, -0.1) is 0 Å². The third-order valence-corrected chi connectivity index (χ3v) is 3.87. The van der Waals surface area contributed by atoms with Crippen LogP contribution in [0.5, 0.6) is 0 Å². The third-order valence-electron chi connectivity index (χ3n) is 3.87. The summed E-state index contributed by atoms with van der Waals surface area (Å²) >= 11 is 0. The summed E-state index contributed by atoms with van der Waals surface area (Å²) in [6, 6.07) is 6.01. The number of hydrogen-bond donors (Lipinski definition) is 2. The van der Waals surface area contributed by atoms with Gasteiger partial charge in [-0.1, -0.05) is 13.0 Å². The molecule has 0 bridgehead atoms. The maximum absolute atomic E-state index is 11.7. The number of amides is 1. The highest BCUT2D eigenvalue weighted by atomic mass is 16.1. The topological polar surface area (TPSA) is 60.5 Å². The molecule has 0 aliphatic carbocycles. The van der Waals surface area contributed by atoms with E-state index >= 15 is 0 Å². The molecule has 0 atom stereocenters. The van der Waals surface area contributed by atoms with E-state index in [0.29, 0.717) is 13.0 Å². The number of nitrogens with zero attached hydrogens (tertiary/aromatic N) is 3. The molecule has 0 unspecified atom stereocenters. The molecular formula is C16H27N5O. The largest absolute Gasteiger partial charge is 0.355 e. The van der Waals surface area contributed by atoms with Gasteiger partial charge in [0, 0.05) is 58.4 Å². The van der Waals surface area contributed by atoms with Crippen LogP contribution in [-0.2, 0) is 4.79 Å². The van der Waals surface area contributed by atoms with E-state index in [1.807, 2.05) is 24.4 Å². The van der Waals surface area contributed by atoms with Crippen molar-refractivity contribution in [1.82, 2.24) is 20.5 Å². The maximum Gasteiger partial charge on any atom is 0.221 e. The molecule has 1 aliphatic rings. The molecule has 2 N–H and O–H groups in total. The number of hydrogen-bond acceptors (Lipinski definition) is 5. The van der Waals surface area contributed by atoms with Crippen LogP contribution in [0.2, 0.25) is 0 Å². The first kappa shape index (κ1) is 16.7. The fraction of sp³-hybridized carbons (Fsp3) is 0.625. The summed E-state index contributed by atoms with van der Waals surface area (Å²) in [4.78, 5) is 20.8. The Morgan fingerprint density at radius 1 is 1.23 bits per heavy atom. The monoisotopic (exact) mass is 305 g/mol. The quantitative estimate of drug-likeness (QED) is 0.677. The van der Waals surface area contributed by atoms with Crippen LogP contribution < -0.4 is 15.5 Å². The van der Waals surface area contributed by atoms with E-state index in [2.05, 4.69) is 32.3 Å². The molecule has 2 rings (SSSR count). The average Bonchev–Trinajstić information content (AvgIpc) is 2.58. The Balaban J connectivity index is 1.60. The van der Waals surface area contributed by atoms with Gasteiger partial charge in [0.2, 0.25) is 5.91 Å². The molecule has 0 radical (unpaired) electrons. The molecule has 0 aromatic carbocycles. The van der Waals surface area contributed by atoms with E-state index in [-0.39, 0.29) is 5.91 Å². The Kier molecular flexibility index (Phi) is 7.12. The first-order valence-electron chi connectivity index (χ1n) is 8.15. The Labute approximate surface area is 132 Å². The van der Waals surface area contributed by atoms with Gasteiger partial charge in [0.15, 0.2) is 0 Å². The van der Waals surface area contributed by atoms with E-state index in [1.165, 1.54) is 0 Å². The van der Waals surface area contributed by atoms with Crippen molar-refractivity contribution in [3.05, 3.63) is 24.4 Å². The fourth-order valence-electron chi connectivity index (χ4n) is 2.56. The van der Waals surface area contributed by atoms with Crippen molar-refractivity contribution in [2.24, 2.45) is 0 Å². The van der Waals surface area contributed by atoms with Gasteiger partial charge in [-0.25, -0.2) is 4.98 Å². The minimum absolute atomic E-state index is 0.144. The van der Waals surface area contributed by atoms with Gasteiger partial charge in [-0.3, -0.25) is 9.69 Å². The standard InChI is InChI=1S/C16H27N5O/c1-2-17-8-9-19-16(22)6-10-20-11-13-21(14-12-20)15-5-3-4-7-18-15/h3-5,7,17H,2,6,8-14H2,1H3,(H,19,22). The highest BCUT2D eigenvalue weighted by Crippen LogP contribution is 2.12. The number of aromatic nitrogens is 1. The van der Waals surface area contributed by atoms with Crippen molar-refractivity contribution in [1.29, 1.82) is 0 Å². The predicted molar refractivity (Wildman–Crippen MR) is 89.1 cm³/mol. The normalized spacial score (nSPS) is 15.8. The molecule has 6 heteroatoms. The van der Waals surface area contributed by atoms with E-state index in [1.54, 1.807) is 0 Å². The van der Waals surface area contributed by atoms with Crippen molar-refractivity contribution in [2.75, 3.05) is 57.3 Å². The Morgan fingerprint density at radius 3 is 2.73 bits per heavy atom. The minimum atomic E-state index is 0.144. The second-order valence-electron chi connectivity index (χ2n) is 5.47. The Bertz CT molecular complexity index is 431. The van der Waals surface area contributed by atoms with Gasteiger partial charge in [-0.05, 0) is 18.7 Å². The molecule has 1 aromatic heterocycles. The molecule has 1 aliphatic heterocycles. The number of likely N-dealkylation sites (N-methyl/N-ethyl adjacent to an activating group) is 1. The number of nitrogens with one attached hydrogen (secondary N) is 2. The fourth-order valence-corrected chi connectivity index (χ4v) is 2.56. The minimum Gasteiger partial charge on any atom is -0.355 e. The van der Waals surface area contributed by atoms with Crippen LogP contribution in [0.25, 0.3) is 0 Å². The molecule has 6 nitrogen and oxygen atoms in total. The molecule has 22 heavy (non-hydrogen) atoms. The molecule has 0 saturated carbocycles. The number of carbonyl (C=O) groups is 1. The number of anilines is 1. The summed E-state index contributed by atoms with van der Waals surface area (Å²) < 4.78 is 0. The van der Waals surface area contributed by atoms with Crippen molar-refractivity contribution >= 4 is 11.7 Å². The van der Waals surface area contributed by atoms with Gasteiger partial charge in [-0.2, -0.15) is 0 Å². The lowest BCUT2D eigenvalue weighted by molar-refractivity contribution is -0.121. The van der Waals surface area contributed by atoms with Crippen molar-refractivity contribution in [2.45, 2.75) is 13.3 Å². The Hall–Kier alpha value is -1.66. The lowest BCUT2D eigenvalue weighted by Crippen LogP contribution is -2.47. The van der Waals surface area contributed by atoms with Gasteiger partial charge >= 0.3 is 0 Å². The summed E-state index contributed by atoms with van der Waals surface area (Å²) in [5, 5.41) is 6.14. The zero-order valence-electron chi connectivity index (χ0n) is 13.4. The smallest absolute Gasteiger partial charge is 0.221 e. The molecule has 1 saturated heterocycles. The summed E-state index contributed by atoms with van der Waals surface area (Å²) in [7, 11) is 0. The van der Waals surface area contributed by atoms with Gasteiger partial charge in [0.05, 0.1) is 0 Å². The lowest BCUT2D eigenvalue weighted by atomic mass is 10.2. The van der Waals surface area contributed by atoms with Crippen molar-refractivity contribution in [3.63, 3.8) is 0 Å². The third kappa shape index (κ3) is 5.61. The number of piperazine rings is 1. The molecule has 2 heterocycles. The first-order chi connectivity index (χ1) is 10.8. The van der Waals surface area contributed by atoms with E-state index in [4.69, 9.17) is 0 Å². The zero-order chi connectivity index (χ0) is 15.6. The van der Waals surface area contributed by atoms with Crippen molar-refractivity contribution < 1.29 is 4.79 Å². The summed E-state index contributed by atoms with van der Waals surface area (Å²) in [6.45, 7) is 9.30. The van der Waals surface area contributed by atoms with Crippen LogP contribution in [-0.4, -0.2) is 68.1 Å². The first-order valence-corrected chi connectivity index (χ1v) is 8.15. The number of rotatable bonds is 8. The highest BCUT2D eigenvalue weighted by molar-refractivity contribution is 5.76. The molecule has 0 spiro atoms. The number of pyridine rings is 1. The van der Waals surface area contributed by atoms with Gasteiger partial charge < -0.3 is 15.5 Å². The van der Waals surface area contributed by atoms with Crippen LogP contribution >= 0.6 is 0 Å². The molecule has 122 valence electrons. The van der Waals surface area contributed by atoms with Crippen LogP contribution in [0.1, 0.15) is 13.3 Å². The lowest BCUT2D eigenvalue weighted by Gasteiger charge is -2.35. The second kappa shape index (κ2) is 9.38. The van der Waals surface area contributed by atoms with Gasteiger partial charge in [0.1, 0.15) is 5.82 Å². The van der Waals surface area contributed by atoms with Crippen molar-refractivity contribution in [3.8, 4) is 0 Å². The maximum atomic E-state index is 11.7. The van der Waals surface area contributed by atoms with Crippen LogP contribution in [0.3, 0.4) is 0 Å². The Morgan fingerprint density at radius 2 is 2.05 bits per heavy atom. The van der Waals surface area contributed by atoms with Gasteiger partial charge in [0.25, 0.3) is 0 Å². The summed E-state index contributed by atoms with van der Waals surface area (Å²) in [6.07, 6.45) is 2.41. The average molecular weight is 305 g/mol. The zero-order valence-corrected chi connectivity index (χ0v) is 13.4. The van der Waals surface area contributed by atoms with E-state index in [9.17, 15) is 4.79 Å². The predicted octanol–water partition coefficient (Wildman–Crippen LogP) is 0.319. The highest BCUT2D eigenvalue weighted by Gasteiger charge is 2.18. The van der Waals surface area contributed by atoms with Crippen LogP contribution in [0.15, 0.2) is 24.4 Å². The summed E-state index contributed by atoms with van der Waals surface area (Å²) in [5.41, 5.74) is 0. The SMILES string of the molecule is CCNCCNC(=O)CCN1CCN(c2ccccn2)CC1. The second-order valence-corrected chi connectivity index (χ2v) is 5.47.